The molecule has 7 heavy (non-hydrogen) atoms. The zero-order valence-electron chi connectivity index (χ0n) is 3.44. The fourth-order valence-electron chi connectivity index (χ4n) is 0.0815. The first-order chi connectivity index (χ1) is 3.35. The highest BCUT2D eigenvalue weighted by atomic mass is 31.1. The van der Waals surface area contributed by atoms with Gasteiger partial charge < -0.3 is 0 Å². The van der Waals surface area contributed by atoms with Crippen molar-refractivity contribution >= 4 is 7.66 Å². The molecule has 0 atom stereocenters. The van der Waals surface area contributed by atoms with Gasteiger partial charge in [0.25, 0.3) is 0 Å². The summed E-state index contributed by atoms with van der Waals surface area (Å²) in [4.78, 5) is 8.94. The smallest absolute Gasteiger partial charge is 0.221 e. The summed E-state index contributed by atoms with van der Waals surface area (Å²) in [5.41, 5.74) is 6.27. The van der Waals surface area contributed by atoms with Gasteiger partial charge in [-0.05, 0) is 0 Å². The van der Waals surface area contributed by atoms with Crippen molar-refractivity contribution in [1.29, 1.82) is 5.53 Å². The van der Waals surface area contributed by atoms with Crippen LogP contribution < -0.4 is 11.7 Å². The van der Waals surface area contributed by atoms with E-state index in [9.17, 15) is 0 Å². The molecule has 0 spiro atoms. The zero-order valence-corrected chi connectivity index (χ0v) is 4.34. The summed E-state index contributed by atoms with van der Waals surface area (Å²) < 4.78 is 0. The van der Waals surface area contributed by atoms with Crippen molar-refractivity contribution in [3.05, 3.63) is 0 Å². The molecule has 5 N–H and O–H groups in total. The highest BCUT2D eigenvalue weighted by molar-refractivity contribution is 7.34. The van der Waals surface area contributed by atoms with Gasteiger partial charge in [-0.25, -0.2) is 11.7 Å². The molecule has 0 aliphatic carbocycles. The molecule has 0 aromatic rings. The van der Waals surface area contributed by atoms with Crippen LogP contribution in [0.15, 0.2) is 14.6 Å². The highest BCUT2D eigenvalue weighted by Crippen LogP contribution is 2.10. The van der Waals surface area contributed by atoms with E-state index in [1.165, 1.54) is 0 Å². The van der Waals surface area contributed by atoms with Gasteiger partial charge in [0.15, 0.2) is 0 Å². The number of rotatable bonds is 1. The monoisotopic (exact) mass is 120 g/mol. The summed E-state index contributed by atoms with van der Waals surface area (Å²) in [7, 11) is -1.46. The summed E-state index contributed by atoms with van der Waals surface area (Å²) in [6.07, 6.45) is 0. The van der Waals surface area contributed by atoms with Crippen molar-refractivity contribution in [3.8, 4) is 0 Å². The topological polar surface area (TPSA) is 113 Å². The lowest BCUT2D eigenvalue weighted by molar-refractivity contribution is 1.18. The van der Waals surface area contributed by atoms with Gasteiger partial charge in [-0.15, -0.1) is 14.6 Å². The van der Waals surface area contributed by atoms with E-state index in [2.05, 4.69) is 26.3 Å². The third-order valence-corrected chi connectivity index (χ3v) is 0.888. The molecule has 40 valence electrons. The van der Waals surface area contributed by atoms with E-state index < -0.39 is 7.66 Å². The van der Waals surface area contributed by atoms with Crippen LogP contribution in [0.2, 0.25) is 0 Å². The maximum absolute atomic E-state index is 6.27. The van der Waals surface area contributed by atoms with Crippen molar-refractivity contribution in [1.82, 2.24) is 0 Å². The first kappa shape index (κ1) is 6.42. The van der Waals surface area contributed by atoms with E-state index in [0.29, 0.717) is 0 Å². The summed E-state index contributed by atoms with van der Waals surface area (Å²) in [6.45, 7) is 0. The first-order valence-electron chi connectivity index (χ1n) is 1.34. The molecular weight excluding hydrogens is 115 g/mol. The van der Waals surface area contributed by atoms with Crippen molar-refractivity contribution in [2.45, 2.75) is 0 Å². The minimum atomic E-state index is -1.46. The summed E-state index contributed by atoms with van der Waals surface area (Å²) in [5, 5.41) is 0. The van der Waals surface area contributed by atoms with Crippen molar-refractivity contribution in [2.24, 2.45) is 26.3 Å². The third kappa shape index (κ3) is 2.16. The SMILES string of the molecule is N=N/P(=N\N)=N\N. The lowest BCUT2D eigenvalue weighted by atomic mass is 13.0. The standard InChI is InChI=1S/H5N6P/c1-4-7(5-2)6-3/h1H,2-3H2. The Labute approximate surface area is 40.6 Å². The Morgan fingerprint density at radius 2 is 1.71 bits per heavy atom. The van der Waals surface area contributed by atoms with Crippen LogP contribution in [0.3, 0.4) is 0 Å². The largest absolute Gasteiger partial charge is 0.240 e. The van der Waals surface area contributed by atoms with E-state index in [4.69, 9.17) is 5.53 Å². The molecular formula is H5N6P. The quantitative estimate of drug-likeness (QED) is 0.203. The first-order valence-corrected chi connectivity index (χ1v) is 2.54. The Morgan fingerprint density at radius 1 is 1.29 bits per heavy atom. The third-order valence-electron chi connectivity index (χ3n) is 0.296. The van der Waals surface area contributed by atoms with Gasteiger partial charge in [0.05, 0.1) is 0 Å². The fourth-order valence-corrected chi connectivity index (χ4v) is 0.244. The average molecular weight is 120 g/mol. The molecule has 0 aliphatic rings. The second-order valence-electron chi connectivity index (χ2n) is 0.599. The molecule has 0 radical (unpaired) electrons. The average Bonchev–Trinajstić information content (AvgIpc) is 1.72. The summed E-state index contributed by atoms with van der Waals surface area (Å²) >= 11 is 0. The predicted octanol–water partition coefficient (Wildman–Crippen LogP) is 0.529. The Kier molecular flexibility index (Phi) is 3.31. The molecule has 0 amide bonds. The van der Waals surface area contributed by atoms with E-state index >= 15 is 0 Å². The molecule has 0 saturated carbocycles. The van der Waals surface area contributed by atoms with E-state index in [0.717, 1.165) is 0 Å². The Hall–Kier alpha value is -0.580. The number of nitrogens with two attached hydrogens (primary N) is 2. The molecule has 0 aromatic carbocycles. The molecule has 0 unspecified atom stereocenters. The molecule has 0 rings (SSSR count). The number of hydrogen-bond acceptors (Lipinski definition) is 3. The Balaban J connectivity index is 4.17. The van der Waals surface area contributed by atoms with Crippen LogP contribution in [0.25, 0.3) is 0 Å². The lowest BCUT2D eigenvalue weighted by Gasteiger charge is -1.70. The van der Waals surface area contributed by atoms with Crippen LogP contribution >= 0.6 is 7.66 Å². The zero-order chi connectivity index (χ0) is 5.70. The predicted molar refractivity (Wildman–Crippen MR) is 25.3 cm³/mol. The van der Waals surface area contributed by atoms with Gasteiger partial charge in [0.1, 0.15) is 0 Å². The Morgan fingerprint density at radius 3 is 1.71 bits per heavy atom. The van der Waals surface area contributed by atoms with Crippen LogP contribution in [0.4, 0.5) is 0 Å². The van der Waals surface area contributed by atoms with Crippen LogP contribution in [0.1, 0.15) is 0 Å². The van der Waals surface area contributed by atoms with Crippen molar-refractivity contribution in [2.75, 3.05) is 0 Å². The van der Waals surface area contributed by atoms with Crippen molar-refractivity contribution in [3.63, 3.8) is 0 Å². The minimum absolute atomic E-state index is 1.46. The van der Waals surface area contributed by atoms with Gasteiger partial charge in [-0.2, -0.15) is 5.53 Å². The van der Waals surface area contributed by atoms with E-state index in [1.807, 2.05) is 0 Å². The van der Waals surface area contributed by atoms with Crippen LogP contribution in [0.5, 0.6) is 0 Å². The van der Waals surface area contributed by atoms with Crippen LogP contribution in [-0.2, 0) is 0 Å². The molecule has 6 nitrogen and oxygen atoms in total. The van der Waals surface area contributed by atoms with Gasteiger partial charge >= 0.3 is 0 Å². The van der Waals surface area contributed by atoms with Crippen LogP contribution in [0, 0.1) is 5.53 Å². The number of nitrogens with one attached hydrogen (secondary N) is 1. The maximum atomic E-state index is 6.27. The molecule has 0 heterocycles. The highest BCUT2D eigenvalue weighted by Gasteiger charge is 1.68. The second kappa shape index (κ2) is 3.60. The lowest BCUT2D eigenvalue weighted by Crippen LogP contribution is -1.73. The Bertz CT molecular complexity index is 115. The second-order valence-corrected chi connectivity index (χ2v) is 1.80. The molecule has 0 aliphatic heterocycles. The van der Waals surface area contributed by atoms with Gasteiger partial charge in [-0.3, -0.25) is 0 Å². The summed E-state index contributed by atoms with van der Waals surface area (Å²) in [6, 6.07) is 0. The van der Waals surface area contributed by atoms with Crippen molar-refractivity contribution < 1.29 is 0 Å². The normalized spacial score (nSPS) is 12.0. The van der Waals surface area contributed by atoms with E-state index in [1.54, 1.807) is 0 Å². The molecule has 0 fully saturated rings. The number of hydrogen-bond donors (Lipinski definition) is 3. The maximum Gasteiger partial charge on any atom is 0.240 e. The van der Waals surface area contributed by atoms with Gasteiger partial charge in [-0.1, -0.05) is 0 Å². The molecule has 0 saturated heterocycles. The molecule has 0 aromatic heterocycles. The minimum Gasteiger partial charge on any atom is -0.221 e. The van der Waals surface area contributed by atoms with E-state index in [-0.39, 0.29) is 0 Å². The molecule has 0 bridgehead atoms. The number of nitrogens with zero attached hydrogens (tertiary/aromatic N) is 3. The molecule has 7 heteroatoms. The fraction of sp³-hybridized carbons (Fsp3) is 0. The van der Waals surface area contributed by atoms with Gasteiger partial charge in [0, 0.05) is 0 Å². The van der Waals surface area contributed by atoms with Crippen LogP contribution in [-0.4, -0.2) is 0 Å². The summed E-state index contributed by atoms with van der Waals surface area (Å²) in [5.74, 6) is 9.32. The van der Waals surface area contributed by atoms with Gasteiger partial charge in [0.2, 0.25) is 7.66 Å².